The Balaban J connectivity index is 2.27. The van der Waals surface area contributed by atoms with Crippen LogP contribution in [-0.2, 0) is 0 Å². The van der Waals surface area contributed by atoms with Crippen molar-refractivity contribution >= 4 is 11.4 Å². The van der Waals surface area contributed by atoms with E-state index in [4.69, 9.17) is 0 Å². The summed E-state index contributed by atoms with van der Waals surface area (Å²) >= 11 is 0. The maximum Gasteiger partial charge on any atom is 0.123 e. The molecule has 0 unspecified atom stereocenters. The first kappa shape index (κ1) is 10.7. The first-order valence-electron chi connectivity index (χ1n) is 5.25. The van der Waals surface area contributed by atoms with Gasteiger partial charge in [0, 0.05) is 11.4 Å². The van der Waals surface area contributed by atoms with Crippen molar-refractivity contribution in [3.8, 4) is 0 Å². The highest BCUT2D eigenvalue weighted by Crippen LogP contribution is 2.21. The molecule has 1 N–H and O–H groups in total. The summed E-state index contributed by atoms with van der Waals surface area (Å²) in [7, 11) is 0. The average Bonchev–Trinajstić information content (AvgIpc) is 2.22. The van der Waals surface area contributed by atoms with Gasteiger partial charge in [0.2, 0.25) is 0 Å². The van der Waals surface area contributed by atoms with Crippen LogP contribution >= 0.6 is 0 Å². The molecule has 0 radical (unpaired) electrons. The molecule has 0 fully saturated rings. The maximum atomic E-state index is 12.9. The molecule has 0 bridgehead atoms. The zero-order chi connectivity index (χ0) is 11.5. The van der Waals surface area contributed by atoms with E-state index in [1.54, 1.807) is 6.07 Å². The number of hydrogen-bond donors (Lipinski definition) is 1. The minimum atomic E-state index is -0.202. The first-order valence-corrected chi connectivity index (χ1v) is 5.25. The molecule has 0 aliphatic rings. The zero-order valence-electron chi connectivity index (χ0n) is 9.42. The summed E-state index contributed by atoms with van der Waals surface area (Å²) < 4.78 is 12.9. The van der Waals surface area contributed by atoms with Crippen LogP contribution in [-0.4, -0.2) is 0 Å². The maximum absolute atomic E-state index is 12.9. The highest BCUT2D eigenvalue weighted by atomic mass is 19.1. The van der Waals surface area contributed by atoms with Crippen LogP contribution in [0.5, 0.6) is 0 Å². The molecule has 0 saturated carbocycles. The van der Waals surface area contributed by atoms with Gasteiger partial charge in [0.15, 0.2) is 0 Å². The Labute approximate surface area is 94.9 Å². The van der Waals surface area contributed by atoms with Gasteiger partial charge in [-0.2, -0.15) is 0 Å². The van der Waals surface area contributed by atoms with Crippen LogP contribution in [0.4, 0.5) is 15.8 Å². The zero-order valence-corrected chi connectivity index (χ0v) is 9.42. The van der Waals surface area contributed by atoms with Crippen molar-refractivity contribution in [1.82, 2.24) is 0 Å². The van der Waals surface area contributed by atoms with Crippen molar-refractivity contribution < 1.29 is 4.39 Å². The molecule has 1 nitrogen and oxygen atoms in total. The molecule has 0 atom stereocenters. The molecular weight excluding hydrogens is 201 g/mol. The van der Waals surface area contributed by atoms with Gasteiger partial charge in [-0.25, -0.2) is 4.39 Å². The van der Waals surface area contributed by atoms with Gasteiger partial charge < -0.3 is 5.32 Å². The molecular formula is C14H14FN. The number of rotatable bonds is 2. The summed E-state index contributed by atoms with van der Waals surface area (Å²) in [6.07, 6.45) is 0. The fourth-order valence-corrected chi connectivity index (χ4v) is 1.65. The molecule has 82 valence electrons. The topological polar surface area (TPSA) is 12.0 Å². The molecule has 2 aromatic rings. The van der Waals surface area contributed by atoms with E-state index in [2.05, 4.69) is 11.4 Å². The van der Waals surface area contributed by atoms with Gasteiger partial charge in [0.25, 0.3) is 0 Å². The Morgan fingerprint density at radius 3 is 2.50 bits per heavy atom. The lowest BCUT2D eigenvalue weighted by Gasteiger charge is -2.10. The van der Waals surface area contributed by atoms with Gasteiger partial charge in [0.1, 0.15) is 5.82 Å². The van der Waals surface area contributed by atoms with Gasteiger partial charge in [-0.05, 0) is 55.3 Å². The number of aryl methyl sites for hydroxylation is 2. The third-order valence-corrected chi connectivity index (χ3v) is 2.49. The van der Waals surface area contributed by atoms with E-state index in [0.717, 1.165) is 16.9 Å². The Kier molecular flexibility index (Phi) is 2.91. The van der Waals surface area contributed by atoms with Crippen LogP contribution in [0, 0.1) is 19.7 Å². The lowest BCUT2D eigenvalue weighted by molar-refractivity contribution is 0.627. The molecule has 0 aromatic heterocycles. The van der Waals surface area contributed by atoms with E-state index in [1.807, 2.05) is 32.0 Å². The Bertz CT molecular complexity index is 506. The summed E-state index contributed by atoms with van der Waals surface area (Å²) in [5, 5.41) is 3.27. The van der Waals surface area contributed by atoms with Gasteiger partial charge in [-0.3, -0.25) is 0 Å². The van der Waals surface area contributed by atoms with Crippen molar-refractivity contribution in [3.05, 3.63) is 59.4 Å². The second kappa shape index (κ2) is 4.35. The van der Waals surface area contributed by atoms with Gasteiger partial charge in [-0.15, -0.1) is 0 Å². The lowest BCUT2D eigenvalue weighted by atomic mass is 10.1. The molecule has 0 spiro atoms. The van der Waals surface area contributed by atoms with Crippen molar-refractivity contribution in [2.24, 2.45) is 0 Å². The van der Waals surface area contributed by atoms with Gasteiger partial charge in [0.05, 0.1) is 0 Å². The number of halogens is 1. The third kappa shape index (κ3) is 2.40. The van der Waals surface area contributed by atoms with Crippen LogP contribution in [0.25, 0.3) is 0 Å². The van der Waals surface area contributed by atoms with Crippen LogP contribution in [0.1, 0.15) is 11.1 Å². The molecule has 0 aliphatic carbocycles. The molecule has 0 heterocycles. The highest BCUT2D eigenvalue weighted by Gasteiger charge is 2.00. The summed E-state index contributed by atoms with van der Waals surface area (Å²) in [6.45, 7) is 3.93. The molecule has 2 heteroatoms. The van der Waals surface area contributed by atoms with E-state index in [1.165, 1.54) is 17.7 Å². The summed E-state index contributed by atoms with van der Waals surface area (Å²) in [6, 6.07) is 12.8. The van der Waals surface area contributed by atoms with Crippen LogP contribution in [0.3, 0.4) is 0 Å². The summed E-state index contributed by atoms with van der Waals surface area (Å²) in [5.41, 5.74) is 4.06. The Morgan fingerprint density at radius 2 is 1.81 bits per heavy atom. The standard InChI is InChI=1S/C14H14FN/c1-10-4-3-5-13(8-10)16-14-7-6-12(15)9-11(14)2/h3-9,16H,1-2H3. The van der Waals surface area contributed by atoms with E-state index in [9.17, 15) is 4.39 Å². The molecule has 0 amide bonds. The molecule has 16 heavy (non-hydrogen) atoms. The summed E-state index contributed by atoms with van der Waals surface area (Å²) in [4.78, 5) is 0. The van der Waals surface area contributed by atoms with Crippen LogP contribution < -0.4 is 5.32 Å². The average molecular weight is 215 g/mol. The van der Waals surface area contributed by atoms with E-state index in [-0.39, 0.29) is 5.82 Å². The second-order valence-corrected chi connectivity index (χ2v) is 3.95. The fraction of sp³-hybridized carbons (Fsp3) is 0.143. The quantitative estimate of drug-likeness (QED) is 0.792. The van der Waals surface area contributed by atoms with Crippen molar-refractivity contribution in [2.45, 2.75) is 13.8 Å². The third-order valence-electron chi connectivity index (χ3n) is 2.49. The molecule has 0 saturated heterocycles. The van der Waals surface area contributed by atoms with Crippen LogP contribution in [0.15, 0.2) is 42.5 Å². The Morgan fingerprint density at radius 1 is 1.00 bits per heavy atom. The van der Waals surface area contributed by atoms with E-state index < -0.39 is 0 Å². The molecule has 2 aromatic carbocycles. The lowest BCUT2D eigenvalue weighted by Crippen LogP contribution is -1.93. The second-order valence-electron chi connectivity index (χ2n) is 3.95. The minimum Gasteiger partial charge on any atom is -0.355 e. The van der Waals surface area contributed by atoms with Crippen molar-refractivity contribution in [3.63, 3.8) is 0 Å². The van der Waals surface area contributed by atoms with Crippen molar-refractivity contribution in [1.29, 1.82) is 0 Å². The predicted octanol–water partition coefficient (Wildman–Crippen LogP) is 4.19. The number of nitrogens with one attached hydrogen (secondary N) is 1. The fourth-order valence-electron chi connectivity index (χ4n) is 1.65. The number of hydrogen-bond acceptors (Lipinski definition) is 1. The molecule has 0 aliphatic heterocycles. The highest BCUT2D eigenvalue weighted by molar-refractivity contribution is 5.63. The number of benzene rings is 2. The Hall–Kier alpha value is -1.83. The SMILES string of the molecule is Cc1cccc(Nc2ccc(F)cc2C)c1. The summed E-state index contributed by atoms with van der Waals surface area (Å²) in [5.74, 6) is -0.202. The number of anilines is 2. The monoisotopic (exact) mass is 215 g/mol. The first-order chi connectivity index (χ1) is 7.65. The molecule has 2 rings (SSSR count). The predicted molar refractivity (Wildman–Crippen MR) is 65.6 cm³/mol. The van der Waals surface area contributed by atoms with Crippen molar-refractivity contribution in [2.75, 3.05) is 5.32 Å². The smallest absolute Gasteiger partial charge is 0.123 e. The normalized spacial score (nSPS) is 10.2. The minimum absolute atomic E-state index is 0.202. The van der Waals surface area contributed by atoms with Gasteiger partial charge >= 0.3 is 0 Å². The van der Waals surface area contributed by atoms with Crippen LogP contribution in [0.2, 0.25) is 0 Å². The van der Waals surface area contributed by atoms with E-state index >= 15 is 0 Å². The van der Waals surface area contributed by atoms with E-state index in [0.29, 0.717) is 0 Å². The largest absolute Gasteiger partial charge is 0.355 e. The van der Waals surface area contributed by atoms with Gasteiger partial charge in [-0.1, -0.05) is 12.1 Å².